The van der Waals surface area contributed by atoms with Crippen LogP contribution in [0.25, 0.3) is 11.0 Å². The third-order valence-corrected chi connectivity index (χ3v) is 7.11. The maximum Gasteiger partial charge on any atom is 0.251 e. The highest BCUT2D eigenvalue weighted by atomic mass is 32.2. The maximum atomic E-state index is 13.4. The van der Waals surface area contributed by atoms with Gasteiger partial charge in [-0.3, -0.25) is 9.78 Å². The maximum absolute atomic E-state index is 13.4. The van der Waals surface area contributed by atoms with Crippen LogP contribution in [-0.2, 0) is 18.8 Å². The highest BCUT2D eigenvalue weighted by molar-refractivity contribution is 7.98. The SMILES string of the molecule is CCOc1ccccc1CNC(=O)c1ccc(CSc2nc3ccncc3n2Cc2ccc(F)cc2)cc1. The molecule has 0 saturated carbocycles. The number of fused-ring (bicyclic) bond motifs is 1. The van der Waals surface area contributed by atoms with Crippen molar-refractivity contribution in [2.45, 2.75) is 30.9 Å². The van der Waals surface area contributed by atoms with E-state index in [0.29, 0.717) is 31.0 Å². The summed E-state index contributed by atoms with van der Waals surface area (Å²) in [5.74, 6) is 1.07. The zero-order chi connectivity index (χ0) is 26.3. The molecular formula is C30H27FN4O2S. The fourth-order valence-electron chi connectivity index (χ4n) is 4.11. The van der Waals surface area contributed by atoms with Gasteiger partial charge in [0.25, 0.3) is 5.91 Å². The molecule has 0 spiro atoms. The average molecular weight is 527 g/mol. The van der Waals surface area contributed by atoms with Crippen molar-refractivity contribution in [3.63, 3.8) is 0 Å². The minimum Gasteiger partial charge on any atom is -0.494 e. The van der Waals surface area contributed by atoms with Crippen molar-refractivity contribution in [3.05, 3.63) is 119 Å². The number of para-hydroxylation sites is 1. The van der Waals surface area contributed by atoms with Gasteiger partial charge in [-0.2, -0.15) is 0 Å². The van der Waals surface area contributed by atoms with E-state index in [0.717, 1.165) is 38.6 Å². The van der Waals surface area contributed by atoms with E-state index in [-0.39, 0.29) is 11.7 Å². The number of hydrogen-bond acceptors (Lipinski definition) is 5. The second-order valence-electron chi connectivity index (χ2n) is 8.68. The third kappa shape index (κ3) is 6.03. The van der Waals surface area contributed by atoms with Crippen molar-refractivity contribution in [1.82, 2.24) is 19.9 Å². The monoisotopic (exact) mass is 526 g/mol. The van der Waals surface area contributed by atoms with Gasteiger partial charge in [0.05, 0.1) is 30.4 Å². The molecular weight excluding hydrogens is 499 g/mol. The predicted octanol–water partition coefficient (Wildman–Crippen LogP) is 6.24. The van der Waals surface area contributed by atoms with Gasteiger partial charge >= 0.3 is 0 Å². The number of imidazole rings is 1. The molecule has 0 bridgehead atoms. The van der Waals surface area contributed by atoms with Crippen LogP contribution in [-0.4, -0.2) is 27.0 Å². The Morgan fingerprint density at radius 2 is 1.76 bits per heavy atom. The Balaban J connectivity index is 1.24. The van der Waals surface area contributed by atoms with Gasteiger partial charge in [-0.05, 0) is 54.4 Å². The number of rotatable bonds is 10. The highest BCUT2D eigenvalue weighted by Gasteiger charge is 2.13. The van der Waals surface area contributed by atoms with Crippen molar-refractivity contribution in [2.75, 3.05) is 6.61 Å². The number of ether oxygens (including phenoxy) is 1. The van der Waals surface area contributed by atoms with Crippen LogP contribution in [0.3, 0.4) is 0 Å². The quantitative estimate of drug-likeness (QED) is 0.218. The van der Waals surface area contributed by atoms with Gasteiger partial charge in [-0.15, -0.1) is 0 Å². The number of nitrogens with zero attached hydrogens (tertiary/aromatic N) is 3. The lowest BCUT2D eigenvalue weighted by Crippen LogP contribution is -2.23. The predicted molar refractivity (Wildman–Crippen MR) is 148 cm³/mol. The van der Waals surface area contributed by atoms with Crippen LogP contribution >= 0.6 is 11.8 Å². The number of thioether (sulfide) groups is 1. The van der Waals surface area contributed by atoms with E-state index in [1.807, 2.05) is 61.5 Å². The Morgan fingerprint density at radius 1 is 1.00 bits per heavy atom. The first-order chi connectivity index (χ1) is 18.6. The number of pyridine rings is 1. The Morgan fingerprint density at radius 3 is 2.55 bits per heavy atom. The lowest BCUT2D eigenvalue weighted by Gasteiger charge is -2.11. The van der Waals surface area contributed by atoms with Crippen LogP contribution in [0.2, 0.25) is 0 Å². The summed E-state index contributed by atoms with van der Waals surface area (Å²) in [6, 6.07) is 23.7. The molecule has 0 aliphatic heterocycles. The standard InChI is InChI=1S/C30H27FN4O2S/c1-2-37-28-6-4-3-5-24(28)17-33-29(36)23-11-7-22(8-12-23)20-38-30-34-26-15-16-32-18-27(26)35(30)19-21-9-13-25(31)14-10-21/h3-16,18H,2,17,19-20H2,1H3,(H,33,36). The summed E-state index contributed by atoms with van der Waals surface area (Å²) in [7, 11) is 0. The Kier molecular flexibility index (Phi) is 7.99. The smallest absolute Gasteiger partial charge is 0.251 e. The van der Waals surface area contributed by atoms with Gasteiger partial charge in [-0.1, -0.05) is 54.2 Å². The van der Waals surface area contributed by atoms with E-state index < -0.39 is 0 Å². The van der Waals surface area contributed by atoms with Crippen molar-refractivity contribution in [3.8, 4) is 5.75 Å². The van der Waals surface area contributed by atoms with E-state index in [2.05, 4.69) is 14.9 Å². The summed E-state index contributed by atoms with van der Waals surface area (Å²) in [6.45, 7) is 3.47. The van der Waals surface area contributed by atoms with Crippen LogP contribution in [0.1, 0.15) is 34.0 Å². The van der Waals surface area contributed by atoms with E-state index >= 15 is 0 Å². The second-order valence-corrected chi connectivity index (χ2v) is 9.62. The molecule has 8 heteroatoms. The van der Waals surface area contributed by atoms with Crippen molar-refractivity contribution in [2.24, 2.45) is 0 Å². The van der Waals surface area contributed by atoms with E-state index in [9.17, 15) is 9.18 Å². The van der Waals surface area contributed by atoms with Crippen LogP contribution in [0, 0.1) is 5.82 Å². The number of aromatic nitrogens is 3. The summed E-state index contributed by atoms with van der Waals surface area (Å²) in [5, 5.41) is 3.83. The van der Waals surface area contributed by atoms with Crippen molar-refractivity contribution < 1.29 is 13.9 Å². The number of halogens is 1. The molecule has 0 radical (unpaired) electrons. The number of benzene rings is 3. The average Bonchev–Trinajstić information content (AvgIpc) is 3.30. The van der Waals surface area contributed by atoms with E-state index in [1.165, 1.54) is 12.1 Å². The van der Waals surface area contributed by atoms with E-state index in [4.69, 9.17) is 9.72 Å². The first-order valence-corrected chi connectivity index (χ1v) is 13.3. The van der Waals surface area contributed by atoms with Crippen molar-refractivity contribution >= 4 is 28.7 Å². The fourth-order valence-corrected chi connectivity index (χ4v) is 5.08. The fraction of sp³-hybridized carbons (Fsp3) is 0.167. The van der Waals surface area contributed by atoms with Gasteiger partial charge in [0.1, 0.15) is 11.6 Å². The summed E-state index contributed by atoms with van der Waals surface area (Å²) in [6.07, 6.45) is 3.53. The molecule has 1 N–H and O–H groups in total. The number of nitrogens with one attached hydrogen (secondary N) is 1. The Labute approximate surface area is 224 Å². The number of hydrogen-bond donors (Lipinski definition) is 1. The topological polar surface area (TPSA) is 69.0 Å². The van der Waals surface area contributed by atoms with Crippen LogP contribution < -0.4 is 10.1 Å². The molecule has 2 heterocycles. The highest BCUT2D eigenvalue weighted by Crippen LogP contribution is 2.27. The van der Waals surface area contributed by atoms with Crippen LogP contribution in [0.15, 0.2) is 96.4 Å². The van der Waals surface area contributed by atoms with Gasteiger partial charge in [0, 0.05) is 29.6 Å². The minimum absolute atomic E-state index is 0.135. The van der Waals surface area contributed by atoms with Gasteiger partial charge in [0.15, 0.2) is 5.16 Å². The molecule has 5 aromatic rings. The molecule has 0 fully saturated rings. The molecule has 3 aromatic carbocycles. The normalized spacial score (nSPS) is 11.0. The van der Waals surface area contributed by atoms with Crippen LogP contribution in [0.4, 0.5) is 4.39 Å². The van der Waals surface area contributed by atoms with Gasteiger partial charge < -0.3 is 14.6 Å². The Bertz CT molecular complexity index is 1530. The summed E-state index contributed by atoms with van der Waals surface area (Å²) in [4.78, 5) is 21.8. The molecule has 1 amide bonds. The Hall–Kier alpha value is -4.17. The first-order valence-electron chi connectivity index (χ1n) is 12.4. The molecule has 0 saturated heterocycles. The summed E-state index contributed by atoms with van der Waals surface area (Å²) >= 11 is 1.61. The first kappa shape index (κ1) is 25.5. The molecule has 0 aliphatic carbocycles. The zero-order valence-corrected chi connectivity index (χ0v) is 21.7. The second kappa shape index (κ2) is 11.9. The molecule has 2 aromatic heterocycles. The number of amides is 1. The van der Waals surface area contributed by atoms with Crippen molar-refractivity contribution in [1.29, 1.82) is 0 Å². The number of carbonyl (C=O) groups excluding carboxylic acids is 1. The molecule has 0 unspecified atom stereocenters. The molecule has 38 heavy (non-hydrogen) atoms. The third-order valence-electron chi connectivity index (χ3n) is 6.07. The number of carbonyl (C=O) groups is 1. The van der Waals surface area contributed by atoms with Crippen LogP contribution in [0.5, 0.6) is 5.75 Å². The largest absolute Gasteiger partial charge is 0.494 e. The molecule has 0 aliphatic rings. The minimum atomic E-state index is -0.257. The van der Waals surface area contributed by atoms with Gasteiger partial charge in [0.2, 0.25) is 0 Å². The van der Waals surface area contributed by atoms with Gasteiger partial charge in [-0.25, -0.2) is 9.37 Å². The molecule has 5 rings (SSSR count). The summed E-state index contributed by atoms with van der Waals surface area (Å²) in [5.41, 5.74) is 5.39. The molecule has 192 valence electrons. The zero-order valence-electron chi connectivity index (χ0n) is 20.9. The summed E-state index contributed by atoms with van der Waals surface area (Å²) < 4.78 is 21.1. The molecule has 0 atom stereocenters. The lowest BCUT2D eigenvalue weighted by atomic mass is 10.1. The molecule has 6 nitrogen and oxygen atoms in total. The van der Waals surface area contributed by atoms with E-state index in [1.54, 1.807) is 36.3 Å². The lowest BCUT2D eigenvalue weighted by molar-refractivity contribution is 0.0950.